The van der Waals surface area contributed by atoms with Gasteiger partial charge >= 0.3 is 6.18 Å². The van der Waals surface area contributed by atoms with Gasteiger partial charge in [0.25, 0.3) is 0 Å². The summed E-state index contributed by atoms with van der Waals surface area (Å²) < 4.78 is 66.2. The van der Waals surface area contributed by atoms with Crippen molar-refractivity contribution in [1.29, 1.82) is 0 Å². The normalized spacial score (nSPS) is 32.7. The van der Waals surface area contributed by atoms with Gasteiger partial charge in [0.1, 0.15) is 5.78 Å². The van der Waals surface area contributed by atoms with E-state index in [0.717, 1.165) is 16.4 Å². The number of rotatable bonds is 1. The maximum Gasteiger partial charge on any atom is 0.407 e. The second-order valence-corrected chi connectivity index (χ2v) is 8.80. The van der Waals surface area contributed by atoms with E-state index < -0.39 is 38.6 Å². The molecular weight excluding hydrogens is 357 g/mol. The van der Waals surface area contributed by atoms with Crippen molar-refractivity contribution < 1.29 is 26.4 Å². The molecule has 4 rings (SSSR count). The van der Waals surface area contributed by atoms with Crippen LogP contribution in [0.2, 0.25) is 0 Å². The van der Waals surface area contributed by atoms with Gasteiger partial charge in [-0.1, -0.05) is 6.07 Å². The van der Waals surface area contributed by atoms with Crippen LogP contribution in [0.5, 0.6) is 0 Å². The fourth-order valence-corrected chi connectivity index (χ4v) is 7.05. The van der Waals surface area contributed by atoms with E-state index in [1.807, 2.05) is 0 Å². The van der Waals surface area contributed by atoms with E-state index in [1.54, 1.807) is 0 Å². The molecular formula is C16H13F3N2O3S. The zero-order valence-corrected chi connectivity index (χ0v) is 13.6. The lowest BCUT2D eigenvalue weighted by atomic mass is 9.87. The lowest BCUT2D eigenvalue weighted by Crippen LogP contribution is -2.36. The van der Waals surface area contributed by atoms with Crippen LogP contribution in [0.4, 0.5) is 24.5 Å². The molecule has 0 spiro atoms. The van der Waals surface area contributed by atoms with Gasteiger partial charge < -0.3 is 0 Å². The molecule has 25 heavy (non-hydrogen) atoms. The number of ketones is 1. The van der Waals surface area contributed by atoms with Crippen molar-refractivity contribution in [2.24, 2.45) is 17.8 Å². The van der Waals surface area contributed by atoms with E-state index in [2.05, 4.69) is 4.85 Å². The average molecular weight is 370 g/mol. The maximum atomic E-state index is 13.2. The number of carbonyl (C=O) groups excluding carboxylic acids is 1. The number of benzene rings is 1. The van der Waals surface area contributed by atoms with Crippen molar-refractivity contribution in [3.05, 3.63) is 35.2 Å². The second kappa shape index (κ2) is 4.97. The number of halogens is 3. The molecule has 1 aliphatic heterocycles. The van der Waals surface area contributed by atoms with Crippen LogP contribution in [0.15, 0.2) is 18.2 Å². The summed E-state index contributed by atoms with van der Waals surface area (Å²) in [4.78, 5) is 14.8. The molecule has 1 saturated heterocycles. The van der Waals surface area contributed by atoms with E-state index in [9.17, 15) is 26.4 Å². The number of sulfonamides is 1. The molecule has 9 heteroatoms. The minimum absolute atomic E-state index is 0.00752. The van der Waals surface area contributed by atoms with Crippen molar-refractivity contribution in [1.82, 2.24) is 0 Å². The topological polar surface area (TPSA) is 58.8 Å². The molecule has 3 aliphatic rings. The summed E-state index contributed by atoms with van der Waals surface area (Å²) in [6.45, 7) is 6.96. The Kier molecular flexibility index (Phi) is 3.26. The number of alkyl halides is 3. The van der Waals surface area contributed by atoms with E-state index in [-0.39, 0.29) is 29.9 Å². The summed E-state index contributed by atoms with van der Waals surface area (Å²) in [5.74, 6) is -0.819. The first kappa shape index (κ1) is 16.4. The molecule has 0 N–H and O–H groups in total. The number of hydrogen-bond acceptors (Lipinski definition) is 3. The summed E-state index contributed by atoms with van der Waals surface area (Å²) in [6.07, 6.45) is -3.82. The Morgan fingerprint density at radius 2 is 2.00 bits per heavy atom. The van der Waals surface area contributed by atoms with Gasteiger partial charge in [-0.15, -0.1) is 0 Å². The highest BCUT2D eigenvalue weighted by molar-refractivity contribution is 7.93. The van der Waals surface area contributed by atoms with Crippen LogP contribution in [-0.2, 0) is 21.0 Å². The van der Waals surface area contributed by atoms with Gasteiger partial charge in [-0.3, -0.25) is 9.10 Å². The Bertz CT molecular complexity index is 920. The number of anilines is 1. The van der Waals surface area contributed by atoms with E-state index in [4.69, 9.17) is 6.57 Å². The SMILES string of the molecule is [C-]#[N+]c1ccc(N2C[C@@H]3[C@H]4CC(=O)[C@H](C4)[C@@H]3S2(=O)=O)cc1C(F)(F)F. The van der Waals surface area contributed by atoms with Gasteiger partial charge in [-0.2, -0.15) is 13.2 Å². The van der Waals surface area contributed by atoms with Crippen LogP contribution in [0, 0.1) is 24.3 Å². The zero-order valence-electron chi connectivity index (χ0n) is 12.8. The third kappa shape index (κ3) is 2.20. The zero-order chi connectivity index (χ0) is 18.1. The Morgan fingerprint density at radius 3 is 2.64 bits per heavy atom. The molecule has 1 heterocycles. The Balaban J connectivity index is 1.77. The van der Waals surface area contributed by atoms with Crippen LogP contribution in [-0.4, -0.2) is 26.0 Å². The van der Waals surface area contributed by atoms with Crippen molar-refractivity contribution in [3.63, 3.8) is 0 Å². The average Bonchev–Trinajstić information content (AvgIpc) is 3.15. The fourth-order valence-electron chi connectivity index (χ4n) is 4.54. The molecule has 2 aliphatic carbocycles. The number of nitrogens with zero attached hydrogens (tertiary/aromatic N) is 2. The molecule has 1 aromatic rings. The molecule has 1 aromatic carbocycles. The first-order valence-electron chi connectivity index (χ1n) is 7.77. The highest BCUT2D eigenvalue weighted by Crippen LogP contribution is 2.54. The monoisotopic (exact) mass is 370 g/mol. The number of Topliss-reactive ketones (excluding diaryl/α,β-unsaturated/α-hetero) is 1. The predicted molar refractivity (Wildman–Crippen MR) is 82.5 cm³/mol. The lowest BCUT2D eigenvalue weighted by molar-refractivity contribution is -0.136. The first-order valence-corrected chi connectivity index (χ1v) is 9.28. The predicted octanol–water partition coefficient (Wildman–Crippen LogP) is 3.00. The highest BCUT2D eigenvalue weighted by atomic mass is 32.2. The molecule has 0 amide bonds. The van der Waals surface area contributed by atoms with Crippen molar-refractivity contribution in [2.75, 3.05) is 10.8 Å². The van der Waals surface area contributed by atoms with Crippen LogP contribution >= 0.6 is 0 Å². The third-order valence-electron chi connectivity index (χ3n) is 5.58. The lowest BCUT2D eigenvalue weighted by Gasteiger charge is -2.22. The van der Waals surface area contributed by atoms with Gasteiger partial charge in [0.05, 0.1) is 17.4 Å². The molecule has 0 unspecified atom stereocenters. The van der Waals surface area contributed by atoms with Crippen molar-refractivity contribution in [3.8, 4) is 0 Å². The molecule has 5 nitrogen and oxygen atoms in total. The minimum Gasteiger partial charge on any atom is -0.299 e. The fraction of sp³-hybridized carbons (Fsp3) is 0.500. The van der Waals surface area contributed by atoms with E-state index in [1.165, 1.54) is 6.07 Å². The Hall–Kier alpha value is -2.08. The molecule has 3 fully saturated rings. The largest absolute Gasteiger partial charge is 0.407 e. The summed E-state index contributed by atoms with van der Waals surface area (Å²) in [5, 5.41) is -0.825. The van der Waals surface area contributed by atoms with Crippen molar-refractivity contribution in [2.45, 2.75) is 24.3 Å². The second-order valence-electron chi connectivity index (χ2n) is 6.79. The van der Waals surface area contributed by atoms with Crippen molar-refractivity contribution >= 4 is 27.2 Å². The molecule has 4 atom stereocenters. The Morgan fingerprint density at radius 1 is 1.28 bits per heavy atom. The quantitative estimate of drug-likeness (QED) is 0.714. The number of hydrogen-bond donors (Lipinski definition) is 0. The van der Waals surface area contributed by atoms with Crippen LogP contribution in [0.3, 0.4) is 0 Å². The van der Waals surface area contributed by atoms with Gasteiger partial charge in [-0.05, 0) is 24.5 Å². The third-order valence-corrected chi connectivity index (χ3v) is 7.92. The van der Waals surface area contributed by atoms with Gasteiger partial charge in [0.15, 0.2) is 5.69 Å². The number of fused-ring (bicyclic) bond motifs is 5. The van der Waals surface area contributed by atoms with E-state index in [0.29, 0.717) is 12.8 Å². The van der Waals surface area contributed by atoms with Crippen LogP contribution in [0.1, 0.15) is 18.4 Å². The van der Waals surface area contributed by atoms with Gasteiger partial charge in [0, 0.05) is 30.5 Å². The smallest absolute Gasteiger partial charge is 0.299 e. The summed E-state index contributed by atoms with van der Waals surface area (Å²) in [5.41, 5.74) is -1.81. The molecule has 0 radical (unpaired) electrons. The highest BCUT2D eigenvalue weighted by Gasteiger charge is 2.63. The maximum absolute atomic E-state index is 13.2. The van der Waals surface area contributed by atoms with Crippen LogP contribution in [0.25, 0.3) is 4.85 Å². The Labute approximate surface area is 142 Å². The molecule has 132 valence electrons. The number of carbonyl (C=O) groups is 1. The molecule has 2 bridgehead atoms. The van der Waals surface area contributed by atoms with Gasteiger partial charge in [-0.25, -0.2) is 13.3 Å². The van der Waals surface area contributed by atoms with Gasteiger partial charge in [0.2, 0.25) is 10.0 Å². The molecule has 0 aromatic heterocycles. The first-order chi connectivity index (χ1) is 11.6. The van der Waals surface area contributed by atoms with Crippen LogP contribution < -0.4 is 4.31 Å². The summed E-state index contributed by atoms with van der Waals surface area (Å²) in [6, 6.07) is 2.94. The molecule has 2 saturated carbocycles. The standard InChI is InChI=1S/C16H13F3N2O3S/c1-20-13-3-2-9(6-12(13)16(17,18)19)21-7-11-8-4-10(14(22)5-8)15(11)25(21,23)24/h2-3,6,8,10-11,15H,4-5,7H2/t8-,10+,11-,15+/m1/s1. The minimum atomic E-state index is -4.75. The summed E-state index contributed by atoms with van der Waals surface area (Å²) in [7, 11) is -3.90. The van der Waals surface area contributed by atoms with E-state index >= 15 is 0 Å². The summed E-state index contributed by atoms with van der Waals surface area (Å²) >= 11 is 0.